The van der Waals surface area contributed by atoms with Gasteiger partial charge in [0.25, 0.3) is 0 Å². The van der Waals surface area contributed by atoms with Crippen LogP contribution in [0.25, 0.3) is 0 Å². The van der Waals surface area contributed by atoms with Crippen LogP contribution < -0.4 is 5.32 Å². The summed E-state index contributed by atoms with van der Waals surface area (Å²) in [5, 5.41) is 13.8. The third-order valence-corrected chi connectivity index (χ3v) is 5.10. The first-order valence-corrected chi connectivity index (χ1v) is 8.55. The van der Waals surface area contributed by atoms with Crippen LogP contribution in [0.5, 0.6) is 5.75 Å². The van der Waals surface area contributed by atoms with Crippen LogP contribution in [0, 0.1) is 5.41 Å². The van der Waals surface area contributed by atoms with E-state index in [1.54, 1.807) is 6.07 Å². The molecule has 0 aliphatic heterocycles. The molecule has 2 rings (SSSR count). The average Bonchev–Trinajstić information content (AvgIpc) is 2.44. The molecule has 1 aliphatic rings. The minimum atomic E-state index is 0.228. The summed E-state index contributed by atoms with van der Waals surface area (Å²) in [5.41, 5.74) is 1.43. The quantitative estimate of drug-likeness (QED) is 0.775. The van der Waals surface area contributed by atoms with Crippen molar-refractivity contribution < 1.29 is 5.11 Å². The number of rotatable bonds is 5. The summed E-state index contributed by atoms with van der Waals surface area (Å²) >= 11 is 3.49. The second-order valence-corrected chi connectivity index (χ2v) is 7.33. The Hall–Kier alpha value is -0.540. The van der Waals surface area contributed by atoms with Gasteiger partial charge in [-0.25, -0.2) is 0 Å². The normalized spacial score (nSPS) is 19.8. The number of phenolic OH excluding ortho intramolecular Hbond substituents is 1. The van der Waals surface area contributed by atoms with Crippen molar-refractivity contribution in [3.8, 4) is 5.75 Å². The molecule has 0 spiro atoms. The van der Waals surface area contributed by atoms with Gasteiger partial charge in [0.15, 0.2) is 0 Å². The fourth-order valence-electron chi connectivity index (χ4n) is 3.23. The molecule has 1 aromatic carbocycles. The van der Waals surface area contributed by atoms with Crippen LogP contribution in [-0.4, -0.2) is 11.7 Å². The van der Waals surface area contributed by atoms with Gasteiger partial charge in [0, 0.05) is 22.6 Å². The van der Waals surface area contributed by atoms with E-state index >= 15 is 0 Å². The first-order valence-electron chi connectivity index (χ1n) is 7.76. The van der Waals surface area contributed by atoms with Gasteiger partial charge in [0.2, 0.25) is 0 Å². The molecule has 0 radical (unpaired) electrons. The molecule has 1 saturated carbocycles. The molecule has 1 aromatic rings. The van der Waals surface area contributed by atoms with E-state index in [1.807, 2.05) is 12.1 Å². The second-order valence-electron chi connectivity index (χ2n) is 6.42. The Morgan fingerprint density at radius 1 is 1.30 bits per heavy atom. The fraction of sp³-hybridized carbons (Fsp3) is 0.647. The maximum Gasteiger partial charge on any atom is 0.120 e. The maximum atomic E-state index is 10.1. The summed E-state index contributed by atoms with van der Waals surface area (Å²) in [6.45, 7) is 5.60. The predicted octanol–water partition coefficient (Wildman–Crippen LogP) is 5.17. The van der Waals surface area contributed by atoms with Crippen molar-refractivity contribution in [1.29, 1.82) is 0 Å². The van der Waals surface area contributed by atoms with Gasteiger partial charge >= 0.3 is 0 Å². The Kier molecular flexibility index (Phi) is 5.50. The number of phenols is 1. The summed E-state index contributed by atoms with van der Waals surface area (Å²) in [4.78, 5) is 0. The molecule has 112 valence electrons. The molecule has 1 aliphatic carbocycles. The van der Waals surface area contributed by atoms with Crippen molar-refractivity contribution in [1.82, 2.24) is 5.32 Å². The Balaban J connectivity index is 2.03. The molecule has 0 saturated heterocycles. The molecule has 0 heterocycles. The van der Waals surface area contributed by atoms with Gasteiger partial charge < -0.3 is 10.4 Å². The summed E-state index contributed by atoms with van der Waals surface area (Å²) in [5.74, 6) is 0.390. The summed E-state index contributed by atoms with van der Waals surface area (Å²) in [7, 11) is 0. The zero-order valence-electron chi connectivity index (χ0n) is 12.6. The van der Waals surface area contributed by atoms with Gasteiger partial charge in [-0.05, 0) is 42.9 Å². The Morgan fingerprint density at radius 3 is 2.65 bits per heavy atom. The van der Waals surface area contributed by atoms with Crippen molar-refractivity contribution in [2.75, 3.05) is 6.54 Å². The summed E-state index contributed by atoms with van der Waals surface area (Å²) < 4.78 is 1.02. The zero-order chi connectivity index (χ0) is 14.6. The number of aromatic hydroxyl groups is 1. The Labute approximate surface area is 131 Å². The molecule has 0 aromatic heterocycles. The SMILES string of the molecule is CCC(NCC1(C)CCCCC1)c1cc(Br)ccc1O. The number of hydrogen-bond acceptors (Lipinski definition) is 2. The highest BCUT2D eigenvalue weighted by atomic mass is 79.9. The van der Waals surface area contributed by atoms with Crippen LogP contribution in [0.15, 0.2) is 22.7 Å². The van der Waals surface area contributed by atoms with Crippen LogP contribution >= 0.6 is 15.9 Å². The van der Waals surface area contributed by atoms with E-state index in [9.17, 15) is 5.11 Å². The standard InChI is InChI=1S/C17H26BrNO/c1-3-15(14-11-13(18)7-8-16(14)20)19-12-17(2)9-5-4-6-10-17/h7-8,11,15,19-20H,3-6,9-10,12H2,1-2H3. The molecule has 1 unspecified atom stereocenters. The van der Waals surface area contributed by atoms with E-state index < -0.39 is 0 Å². The van der Waals surface area contributed by atoms with Crippen LogP contribution in [0.2, 0.25) is 0 Å². The van der Waals surface area contributed by atoms with Crippen molar-refractivity contribution in [3.63, 3.8) is 0 Å². The number of nitrogens with one attached hydrogen (secondary N) is 1. The van der Waals surface area contributed by atoms with Crippen molar-refractivity contribution in [2.24, 2.45) is 5.41 Å². The highest BCUT2D eigenvalue weighted by Crippen LogP contribution is 2.36. The van der Waals surface area contributed by atoms with Crippen LogP contribution in [0.3, 0.4) is 0 Å². The minimum absolute atomic E-state index is 0.228. The second kappa shape index (κ2) is 6.95. The summed E-state index contributed by atoms with van der Waals surface area (Å²) in [6.07, 6.45) is 7.73. The van der Waals surface area contributed by atoms with Gasteiger partial charge in [-0.3, -0.25) is 0 Å². The van der Waals surface area contributed by atoms with Gasteiger partial charge in [0.05, 0.1) is 0 Å². The van der Waals surface area contributed by atoms with Crippen LogP contribution in [0.1, 0.15) is 64.0 Å². The fourth-order valence-corrected chi connectivity index (χ4v) is 3.61. The van der Waals surface area contributed by atoms with E-state index in [0.717, 1.165) is 23.0 Å². The molecule has 2 N–H and O–H groups in total. The Bertz CT molecular complexity index is 441. The highest BCUT2D eigenvalue weighted by Gasteiger charge is 2.27. The molecule has 1 atom stereocenters. The van der Waals surface area contributed by atoms with E-state index in [4.69, 9.17) is 0 Å². The monoisotopic (exact) mass is 339 g/mol. The third-order valence-electron chi connectivity index (χ3n) is 4.61. The largest absolute Gasteiger partial charge is 0.508 e. The first kappa shape index (κ1) is 15.8. The number of benzene rings is 1. The van der Waals surface area contributed by atoms with Crippen LogP contribution in [-0.2, 0) is 0 Å². The lowest BCUT2D eigenvalue weighted by atomic mass is 9.75. The third kappa shape index (κ3) is 3.98. The molecule has 0 amide bonds. The first-order chi connectivity index (χ1) is 9.54. The van der Waals surface area contributed by atoms with E-state index in [0.29, 0.717) is 11.2 Å². The van der Waals surface area contributed by atoms with E-state index in [-0.39, 0.29) is 6.04 Å². The van der Waals surface area contributed by atoms with Gasteiger partial charge in [-0.1, -0.05) is 49.0 Å². The average molecular weight is 340 g/mol. The van der Waals surface area contributed by atoms with Crippen molar-refractivity contribution >= 4 is 15.9 Å². The number of halogens is 1. The summed E-state index contributed by atoms with van der Waals surface area (Å²) in [6, 6.07) is 5.91. The minimum Gasteiger partial charge on any atom is -0.508 e. The topological polar surface area (TPSA) is 32.3 Å². The lowest BCUT2D eigenvalue weighted by Crippen LogP contribution is -2.35. The lowest BCUT2D eigenvalue weighted by Gasteiger charge is -2.35. The molecule has 1 fully saturated rings. The predicted molar refractivity (Wildman–Crippen MR) is 88.0 cm³/mol. The van der Waals surface area contributed by atoms with E-state index in [2.05, 4.69) is 35.1 Å². The highest BCUT2D eigenvalue weighted by molar-refractivity contribution is 9.10. The molecular weight excluding hydrogens is 314 g/mol. The van der Waals surface area contributed by atoms with Crippen LogP contribution in [0.4, 0.5) is 0 Å². The molecule has 2 nitrogen and oxygen atoms in total. The molecule has 3 heteroatoms. The smallest absolute Gasteiger partial charge is 0.120 e. The lowest BCUT2D eigenvalue weighted by molar-refractivity contribution is 0.199. The van der Waals surface area contributed by atoms with Gasteiger partial charge in [-0.15, -0.1) is 0 Å². The van der Waals surface area contributed by atoms with Gasteiger partial charge in [-0.2, -0.15) is 0 Å². The van der Waals surface area contributed by atoms with Crippen molar-refractivity contribution in [2.45, 2.75) is 58.4 Å². The van der Waals surface area contributed by atoms with Crippen molar-refractivity contribution in [3.05, 3.63) is 28.2 Å². The van der Waals surface area contributed by atoms with E-state index in [1.165, 1.54) is 32.1 Å². The molecular formula is C17H26BrNO. The molecule has 20 heavy (non-hydrogen) atoms. The number of hydrogen-bond donors (Lipinski definition) is 2. The maximum absolute atomic E-state index is 10.1. The molecule has 0 bridgehead atoms. The van der Waals surface area contributed by atoms with Gasteiger partial charge in [0.1, 0.15) is 5.75 Å². The zero-order valence-corrected chi connectivity index (χ0v) is 14.2. The Morgan fingerprint density at radius 2 is 2.00 bits per heavy atom.